The maximum Gasteiger partial charge on any atom is 0.136 e. The van der Waals surface area contributed by atoms with Gasteiger partial charge in [0.05, 0.1) is 0 Å². The summed E-state index contributed by atoms with van der Waals surface area (Å²) in [5, 5.41) is 14.7. The predicted molar refractivity (Wildman–Crippen MR) is 218 cm³/mol. The maximum absolute atomic E-state index is 6.74. The summed E-state index contributed by atoms with van der Waals surface area (Å²) in [6.07, 6.45) is 0. The van der Waals surface area contributed by atoms with Gasteiger partial charge in [0.2, 0.25) is 0 Å². The van der Waals surface area contributed by atoms with Crippen LogP contribution in [0.1, 0.15) is 0 Å². The number of hydrogen-bond donors (Lipinski definition) is 0. The van der Waals surface area contributed by atoms with Gasteiger partial charge in [-0.25, -0.2) is 0 Å². The fraction of sp³-hybridized carbons (Fsp3) is 0. The third-order valence-electron chi connectivity index (χ3n) is 10.8. The van der Waals surface area contributed by atoms with Gasteiger partial charge in [0, 0.05) is 10.8 Å². The van der Waals surface area contributed by atoms with Gasteiger partial charge < -0.3 is 4.42 Å². The van der Waals surface area contributed by atoms with E-state index in [0.29, 0.717) is 0 Å². The van der Waals surface area contributed by atoms with Crippen LogP contribution in [0.5, 0.6) is 0 Å². The van der Waals surface area contributed by atoms with Crippen molar-refractivity contribution in [3.63, 3.8) is 0 Å². The molecule has 0 saturated heterocycles. The molecule has 0 saturated carbocycles. The summed E-state index contributed by atoms with van der Waals surface area (Å²) in [6, 6.07) is 66.2. The third kappa shape index (κ3) is 4.09. The van der Waals surface area contributed by atoms with Gasteiger partial charge in [-0.1, -0.05) is 170 Å². The van der Waals surface area contributed by atoms with E-state index < -0.39 is 0 Å². The molecule has 236 valence electrons. The molecular formula is C50H30O. The molecule has 0 amide bonds. The summed E-state index contributed by atoms with van der Waals surface area (Å²) >= 11 is 0. The summed E-state index contributed by atoms with van der Waals surface area (Å²) in [5.74, 6) is 0. The van der Waals surface area contributed by atoms with E-state index >= 15 is 0 Å². The molecule has 51 heavy (non-hydrogen) atoms. The van der Waals surface area contributed by atoms with E-state index in [-0.39, 0.29) is 0 Å². The van der Waals surface area contributed by atoms with Gasteiger partial charge in [-0.3, -0.25) is 0 Å². The molecular weight excluding hydrogens is 617 g/mol. The highest BCUT2D eigenvalue weighted by Gasteiger charge is 2.22. The zero-order valence-corrected chi connectivity index (χ0v) is 27.7. The standard InChI is InChI=1S/C50H30O/c1-2-14-31(15-3-1)33-27-28-43(36-19-7-6-18-35(33)36)47-39-22-10-12-24-41(39)48(42-25-13-11-23-40(42)47)44-30-46-50(38-21-9-8-20-37(38)44)49-34-17-5-4-16-32(34)26-29-45(49)51-46/h1-30H. The highest BCUT2D eigenvalue weighted by molar-refractivity contribution is 6.31. The number of hydrogen-bond acceptors (Lipinski definition) is 1. The molecule has 0 N–H and O–H groups in total. The van der Waals surface area contributed by atoms with Crippen molar-refractivity contribution >= 4 is 75.8 Å². The Hall–Kier alpha value is -6.70. The maximum atomic E-state index is 6.74. The third-order valence-corrected chi connectivity index (χ3v) is 10.8. The van der Waals surface area contributed by atoms with E-state index in [1.807, 2.05) is 0 Å². The number of rotatable bonds is 3. The fourth-order valence-corrected chi connectivity index (χ4v) is 8.70. The Bertz CT molecular complexity index is 3130. The zero-order chi connectivity index (χ0) is 33.5. The molecule has 0 aliphatic heterocycles. The summed E-state index contributed by atoms with van der Waals surface area (Å²) in [6.45, 7) is 0. The second-order valence-electron chi connectivity index (χ2n) is 13.5. The van der Waals surface area contributed by atoms with Crippen molar-refractivity contribution < 1.29 is 4.42 Å². The number of benzene rings is 10. The van der Waals surface area contributed by atoms with E-state index in [0.717, 1.165) is 11.2 Å². The average molecular weight is 647 g/mol. The lowest BCUT2D eigenvalue weighted by molar-refractivity contribution is 0.669. The van der Waals surface area contributed by atoms with Crippen molar-refractivity contribution in [2.75, 3.05) is 0 Å². The summed E-state index contributed by atoms with van der Waals surface area (Å²) < 4.78 is 6.74. The van der Waals surface area contributed by atoms with Crippen LogP contribution in [0.3, 0.4) is 0 Å². The van der Waals surface area contributed by atoms with Gasteiger partial charge in [-0.05, 0) is 99.4 Å². The van der Waals surface area contributed by atoms with Crippen LogP contribution < -0.4 is 0 Å². The highest BCUT2D eigenvalue weighted by Crippen LogP contribution is 2.49. The van der Waals surface area contributed by atoms with Crippen LogP contribution in [-0.2, 0) is 0 Å². The Morgan fingerprint density at radius 3 is 1.37 bits per heavy atom. The first-order valence-corrected chi connectivity index (χ1v) is 17.6. The molecule has 0 fully saturated rings. The first-order valence-electron chi connectivity index (χ1n) is 17.6. The van der Waals surface area contributed by atoms with Crippen LogP contribution in [0.4, 0.5) is 0 Å². The smallest absolute Gasteiger partial charge is 0.136 e. The molecule has 1 nitrogen and oxygen atoms in total. The van der Waals surface area contributed by atoms with Gasteiger partial charge in [0.1, 0.15) is 11.2 Å². The summed E-state index contributed by atoms with van der Waals surface area (Å²) in [5.41, 5.74) is 9.24. The lowest BCUT2D eigenvalue weighted by Gasteiger charge is -2.20. The molecule has 0 radical (unpaired) electrons. The van der Waals surface area contributed by atoms with Crippen molar-refractivity contribution in [1.82, 2.24) is 0 Å². The first-order chi connectivity index (χ1) is 25.3. The molecule has 1 aromatic heterocycles. The quantitative estimate of drug-likeness (QED) is 0.174. The molecule has 0 spiro atoms. The highest BCUT2D eigenvalue weighted by atomic mass is 16.3. The number of fused-ring (bicyclic) bond motifs is 10. The summed E-state index contributed by atoms with van der Waals surface area (Å²) in [4.78, 5) is 0. The van der Waals surface area contributed by atoms with Gasteiger partial charge in [0.25, 0.3) is 0 Å². The van der Waals surface area contributed by atoms with Gasteiger partial charge in [-0.2, -0.15) is 0 Å². The van der Waals surface area contributed by atoms with Crippen molar-refractivity contribution in [2.24, 2.45) is 0 Å². The second kappa shape index (κ2) is 10.9. The van der Waals surface area contributed by atoms with Crippen molar-refractivity contribution in [2.45, 2.75) is 0 Å². The minimum atomic E-state index is 0.912. The molecule has 0 unspecified atom stereocenters. The average Bonchev–Trinajstić information content (AvgIpc) is 3.59. The molecule has 11 aromatic rings. The first kappa shape index (κ1) is 28.2. The minimum Gasteiger partial charge on any atom is -0.456 e. The van der Waals surface area contributed by atoms with E-state index in [4.69, 9.17) is 4.42 Å². The molecule has 11 rings (SSSR count). The topological polar surface area (TPSA) is 13.1 Å². The molecule has 10 aromatic carbocycles. The molecule has 1 heteroatoms. The van der Waals surface area contributed by atoms with E-state index in [1.165, 1.54) is 98.0 Å². The second-order valence-corrected chi connectivity index (χ2v) is 13.5. The van der Waals surface area contributed by atoms with Crippen LogP contribution in [0.2, 0.25) is 0 Å². The fourth-order valence-electron chi connectivity index (χ4n) is 8.70. The van der Waals surface area contributed by atoms with E-state index in [1.54, 1.807) is 0 Å². The minimum absolute atomic E-state index is 0.912. The van der Waals surface area contributed by atoms with Crippen LogP contribution in [-0.4, -0.2) is 0 Å². The monoisotopic (exact) mass is 646 g/mol. The Balaban J connectivity index is 1.26. The summed E-state index contributed by atoms with van der Waals surface area (Å²) in [7, 11) is 0. The number of furan rings is 1. The van der Waals surface area contributed by atoms with E-state index in [2.05, 4.69) is 182 Å². The van der Waals surface area contributed by atoms with E-state index in [9.17, 15) is 0 Å². The van der Waals surface area contributed by atoms with Gasteiger partial charge in [0.15, 0.2) is 0 Å². The Morgan fingerprint density at radius 2 is 0.725 bits per heavy atom. The Labute approximate surface area is 294 Å². The van der Waals surface area contributed by atoms with Crippen LogP contribution in [0.15, 0.2) is 186 Å². The van der Waals surface area contributed by atoms with Gasteiger partial charge >= 0.3 is 0 Å². The molecule has 0 aliphatic carbocycles. The zero-order valence-electron chi connectivity index (χ0n) is 27.7. The molecule has 0 aliphatic rings. The molecule has 0 bridgehead atoms. The predicted octanol–water partition coefficient (Wildman–Crippen LogP) is 14.4. The van der Waals surface area contributed by atoms with Crippen molar-refractivity contribution in [3.8, 4) is 33.4 Å². The lowest BCUT2D eigenvalue weighted by Crippen LogP contribution is -1.93. The van der Waals surface area contributed by atoms with Crippen LogP contribution in [0.25, 0.3) is 109 Å². The van der Waals surface area contributed by atoms with Crippen molar-refractivity contribution in [3.05, 3.63) is 182 Å². The van der Waals surface area contributed by atoms with Gasteiger partial charge in [-0.15, -0.1) is 0 Å². The Kier molecular flexibility index (Phi) is 6.02. The van der Waals surface area contributed by atoms with Crippen LogP contribution >= 0.6 is 0 Å². The van der Waals surface area contributed by atoms with Crippen LogP contribution in [0, 0.1) is 0 Å². The molecule has 1 heterocycles. The normalized spacial score (nSPS) is 11.9. The van der Waals surface area contributed by atoms with Crippen molar-refractivity contribution in [1.29, 1.82) is 0 Å². The SMILES string of the molecule is c1ccc(-c2ccc(-c3c4ccccc4c(-c4cc5oc6ccc7ccccc7c6c5c5ccccc45)c4ccccc34)c3ccccc23)cc1. The largest absolute Gasteiger partial charge is 0.456 e. The Morgan fingerprint density at radius 1 is 0.275 bits per heavy atom. The molecule has 0 atom stereocenters. The lowest BCUT2D eigenvalue weighted by atomic mass is 9.82.